The van der Waals surface area contributed by atoms with Crippen LogP contribution < -0.4 is 5.32 Å². The minimum Gasteiger partial charge on any atom is -0.444 e. The number of ether oxygens (including phenoxy) is 1. The van der Waals surface area contributed by atoms with Gasteiger partial charge in [0.2, 0.25) is 11.8 Å². The number of hydrogen-bond acceptors (Lipinski definition) is 7. The molecule has 3 amide bonds. The number of hydroxylamine groups is 2. The summed E-state index contributed by atoms with van der Waals surface area (Å²) in [4.78, 5) is 25.5. The fraction of sp³-hybridized carbons (Fsp3) is 0.789. The molecule has 2 saturated heterocycles. The van der Waals surface area contributed by atoms with Crippen molar-refractivity contribution in [3.63, 3.8) is 0 Å². The van der Waals surface area contributed by atoms with Gasteiger partial charge in [-0.15, -0.1) is 10.2 Å². The van der Waals surface area contributed by atoms with Crippen LogP contribution >= 0.6 is 0 Å². The van der Waals surface area contributed by atoms with E-state index in [1.165, 1.54) is 0 Å². The average molecular weight is 407 g/mol. The lowest BCUT2D eigenvalue weighted by atomic mass is 9.77. The molecule has 1 saturated carbocycles. The highest BCUT2D eigenvalue weighted by molar-refractivity contribution is 5.76. The van der Waals surface area contributed by atoms with Crippen LogP contribution in [0.15, 0.2) is 4.42 Å². The van der Waals surface area contributed by atoms with Crippen molar-refractivity contribution in [2.24, 2.45) is 5.92 Å². The van der Waals surface area contributed by atoms with Crippen molar-refractivity contribution in [1.82, 2.24) is 25.5 Å². The second-order valence-corrected chi connectivity index (χ2v) is 9.28. The van der Waals surface area contributed by atoms with Gasteiger partial charge in [-0.1, -0.05) is 0 Å². The largest absolute Gasteiger partial charge is 0.444 e. The highest BCUT2D eigenvalue weighted by Gasteiger charge is 2.46. The first-order chi connectivity index (χ1) is 13.7. The average Bonchev–Trinajstić information content (AvgIpc) is 3.16. The molecule has 29 heavy (non-hydrogen) atoms. The van der Waals surface area contributed by atoms with E-state index in [9.17, 15) is 14.8 Å². The SMILES string of the molecule is CC(C)(C)OC(=O)NC1CC(CCc2nnc([C@@H]3CC[C@H]4CN3C(=O)N4O)o2)C1. The van der Waals surface area contributed by atoms with Crippen molar-refractivity contribution >= 4 is 12.1 Å². The topological polar surface area (TPSA) is 121 Å². The Kier molecular flexibility index (Phi) is 5.14. The summed E-state index contributed by atoms with van der Waals surface area (Å²) in [6.45, 7) is 6.03. The Balaban J connectivity index is 1.21. The number of urea groups is 1. The Hall–Kier alpha value is -2.36. The quantitative estimate of drug-likeness (QED) is 0.720. The van der Waals surface area contributed by atoms with Gasteiger partial charge in [-0.05, 0) is 58.8 Å². The van der Waals surface area contributed by atoms with Gasteiger partial charge in [0.1, 0.15) is 11.6 Å². The van der Waals surface area contributed by atoms with E-state index >= 15 is 0 Å². The van der Waals surface area contributed by atoms with E-state index in [1.54, 1.807) is 4.90 Å². The van der Waals surface area contributed by atoms with Crippen LogP contribution in [0.2, 0.25) is 0 Å². The first-order valence-electron chi connectivity index (χ1n) is 10.3. The van der Waals surface area contributed by atoms with Crippen LogP contribution in [0.25, 0.3) is 0 Å². The highest BCUT2D eigenvalue weighted by atomic mass is 16.6. The second kappa shape index (κ2) is 7.47. The second-order valence-electron chi connectivity index (χ2n) is 9.28. The standard InChI is InChI=1S/C19H29N5O5/c1-19(2,3)29-17(25)20-12-8-11(9-12)4-7-15-21-22-16(28-15)14-6-5-13-10-23(14)18(26)24(13)27/h11-14,27H,4-10H2,1-3H3,(H,20,25)/t11?,12?,13-,14-/m0/s1. The van der Waals surface area contributed by atoms with Crippen LogP contribution in [-0.4, -0.2) is 61.7 Å². The number of rotatable bonds is 5. The normalized spacial score (nSPS) is 29.0. The van der Waals surface area contributed by atoms with Gasteiger partial charge < -0.3 is 19.4 Å². The third-order valence-corrected chi connectivity index (χ3v) is 5.84. The summed E-state index contributed by atoms with van der Waals surface area (Å²) in [6.07, 6.45) is 4.47. The predicted molar refractivity (Wildman–Crippen MR) is 100.0 cm³/mol. The fourth-order valence-electron chi connectivity index (χ4n) is 4.30. The zero-order chi connectivity index (χ0) is 20.8. The molecule has 10 nitrogen and oxygen atoms in total. The van der Waals surface area contributed by atoms with E-state index in [1.807, 2.05) is 20.8 Å². The third-order valence-electron chi connectivity index (χ3n) is 5.84. The molecule has 0 radical (unpaired) electrons. The van der Waals surface area contributed by atoms with Crippen molar-refractivity contribution in [1.29, 1.82) is 0 Å². The van der Waals surface area contributed by atoms with Crippen molar-refractivity contribution in [2.45, 2.75) is 83.0 Å². The van der Waals surface area contributed by atoms with Crippen molar-refractivity contribution < 1.29 is 24.0 Å². The van der Waals surface area contributed by atoms with Crippen molar-refractivity contribution in [3.05, 3.63) is 11.8 Å². The lowest BCUT2D eigenvalue weighted by Crippen LogP contribution is -2.46. The maximum absolute atomic E-state index is 12.1. The van der Waals surface area contributed by atoms with E-state index in [-0.39, 0.29) is 24.2 Å². The third kappa shape index (κ3) is 4.31. The van der Waals surface area contributed by atoms with Gasteiger partial charge >= 0.3 is 12.1 Å². The zero-order valence-corrected chi connectivity index (χ0v) is 17.1. The zero-order valence-electron chi connectivity index (χ0n) is 17.1. The van der Waals surface area contributed by atoms with Crippen LogP contribution in [0.5, 0.6) is 0 Å². The van der Waals surface area contributed by atoms with E-state index in [4.69, 9.17) is 9.15 Å². The molecule has 2 aliphatic heterocycles. The molecule has 1 aromatic rings. The molecule has 3 heterocycles. The van der Waals surface area contributed by atoms with Gasteiger partial charge in [0.25, 0.3) is 0 Å². The summed E-state index contributed by atoms with van der Waals surface area (Å²) in [5.74, 6) is 1.52. The highest BCUT2D eigenvalue weighted by Crippen LogP contribution is 2.37. The lowest BCUT2D eigenvalue weighted by molar-refractivity contribution is -0.0584. The first kappa shape index (κ1) is 19.9. The summed E-state index contributed by atoms with van der Waals surface area (Å²) in [5.41, 5.74) is -0.489. The number of carbonyl (C=O) groups is 2. The lowest BCUT2D eigenvalue weighted by Gasteiger charge is -2.36. The Labute approximate surface area is 169 Å². The molecule has 1 aliphatic carbocycles. The summed E-state index contributed by atoms with van der Waals surface area (Å²) in [7, 11) is 0. The first-order valence-corrected chi connectivity index (χ1v) is 10.3. The van der Waals surface area contributed by atoms with Crippen molar-refractivity contribution in [2.75, 3.05) is 6.54 Å². The molecular weight excluding hydrogens is 378 g/mol. The summed E-state index contributed by atoms with van der Waals surface area (Å²) >= 11 is 0. The Bertz CT molecular complexity index is 769. The van der Waals surface area contributed by atoms with Crippen LogP contribution in [0, 0.1) is 5.92 Å². The minimum absolute atomic E-state index is 0.137. The Morgan fingerprint density at radius 3 is 2.79 bits per heavy atom. The number of piperidine rings is 1. The van der Waals surface area contributed by atoms with Crippen LogP contribution in [0.3, 0.4) is 0 Å². The molecule has 0 aromatic carbocycles. The molecule has 3 aliphatic rings. The molecule has 4 rings (SSSR count). The molecule has 0 spiro atoms. The molecule has 10 heteroatoms. The van der Waals surface area contributed by atoms with Crippen LogP contribution in [0.1, 0.15) is 70.7 Å². The van der Waals surface area contributed by atoms with E-state index in [0.717, 1.165) is 30.7 Å². The summed E-state index contributed by atoms with van der Waals surface area (Å²) in [6, 6.07) is -0.633. The van der Waals surface area contributed by atoms with Crippen LogP contribution in [0.4, 0.5) is 9.59 Å². The number of aryl methyl sites for hydroxylation is 1. The van der Waals surface area contributed by atoms with Crippen molar-refractivity contribution in [3.8, 4) is 0 Å². The van der Waals surface area contributed by atoms with E-state index < -0.39 is 11.6 Å². The Morgan fingerprint density at radius 1 is 1.31 bits per heavy atom. The molecule has 1 aromatic heterocycles. The number of nitrogens with one attached hydrogen (secondary N) is 1. The molecule has 0 unspecified atom stereocenters. The Morgan fingerprint density at radius 2 is 2.07 bits per heavy atom. The summed E-state index contributed by atoms with van der Waals surface area (Å²) < 4.78 is 11.1. The van der Waals surface area contributed by atoms with Gasteiger partial charge in [0.05, 0.1) is 6.04 Å². The number of carbonyl (C=O) groups excluding carboxylic acids is 2. The molecule has 2 N–H and O–H groups in total. The van der Waals surface area contributed by atoms with Gasteiger partial charge in [-0.25, -0.2) is 14.7 Å². The minimum atomic E-state index is -0.489. The summed E-state index contributed by atoms with van der Waals surface area (Å²) in [5, 5.41) is 21.8. The number of aromatic nitrogens is 2. The number of fused-ring (bicyclic) bond motifs is 2. The predicted octanol–water partition coefficient (Wildman–Crippen LogP) is 2.64. The smallest absolute Gasteiger partial charge is 0.407 e. The number of alkyl carbamates (subject to hydrolysis) is 1. The number of hydrogen-bond donors (Lipinski definition) is 2. The molecular formula is C19H29N5O5. The molecule has 3 fully saturated rings. The number of amides is 3. The molecule has 2 bridgehead atoms. The van der Waals surface area contributed by atoms with Gasteiger partial charge in [-0.3, -0.25) is 5.21 Å². The number of nitrogens with zero attached hydrogens (tertiary/aromatic N) is 4. The maximum atomic E-state index is 12.1. The van der Waals surface area contributed by atoms with Gasteiger partial charge in [0, 0.05) is 19.0 Å². The van der Waals surface area contributed by atoms with Gasteiger partial charge in [-0.2, -0.15) is 0 Å². The molecule has 2 atom stereocenters. The molecule has 160 valence electrons. The van der Waals surface area contributed by atoms with Crippen LogP contribution in [-0.2, 0) is 11.2 Å². The fourth-order valence-corrected chi connectivity index (χ4v) is 4.30. The van der Waals surface area contributed by atoms with E-state index in [0.29, 0.717) is 37.1 Å². The monoisotopic (exact) mass is 407 g/mol. The van der Waals surface area contributed by atoms with E-state index in [2.05, 4.69) is 15.5 Å². The van der Waals surface area contributed by atoms with Gasteiger partial charge in [0.15, 0.2) is 0 Å². The maximum Gasteiger partial charge on any atom is 0.407 e.